The first kappa shape index (κ1) is 17.8. The Morgan fingerprint density at radius 3 is 2.35 bits per heavy atom. The molecular weight excluding hydrogens is 310 g/mol. The number of hydrogen-bond acceptors (Lipinski definition) is 4. The van der Waals surface area contributed by atoms with Crippen LogP contribution in [0.2, 0.25) is 18.1 Å². The summed E-state index contributed by atoms with van der Waals surface area (Å²) in [5, 5.41) is 2.99. The number of carbonyl (C=O) groups excluding carboxylic acids is 1. The first-order chi connectivity index (χ1) is 10.6. The van der Waals surface area contributed by atoms with Gasteiger partial charge >= 0.3 is 6.09 Å². The Hall–Kier alpha value is -1.53. The second-order valence-corrected chi connectivity index (χ2v) is 12.2. The van der Waals surface area contributed by atoms with Crippen molar-refractivity contribution in [2.75, 3.05) is 13.7 Å². The minimum Gasteiger partial charge on any atom is -0.497 e. The van der Waals surface area contributed by atoms with Crippen molar-refractivity contribution in [3.05, 3.63) is 29.8 Å². The van der Waals surface area contributed by atoms with Gasteiger partial charge in [0.1, 0.15) is 11.9 Å². The van der Waals surface area contributed by atoms with E-state index in [1.54, 1.807) is 7.11 Å². The zero-order valence-electron chi connectivity index (χ0n) is 14.8. The maximum Gasteiger partial charge on any atom is 0.408 e. The molecule has 1 fully saturated rings. The number of ether oxygens (including phenoxy) is 2. The first-order valence-electron chi connectivity index (χ1n) is 7.89. The molecular formula is C17H27NO4Si. The molecule has 0 radical (unpaired) electrons. The lowest BCUT2D eigenvalue weighted by atomic mass is 10.0. The summed E-state index contributed by atoms with van der Waals surface area (Å²) in [4.78, 5) is 11.7. The molecule has 1 aliphatic heterocycles. The van der Waals surface area contributed by atoms with Crippen LogP contribution in [0, 0.1) is 0 Å². The van der Waals surface area contributed by atoms with E-state index >= 15 is 0 Å². The molecule has 1 heterocycles. The van der Waals surface area contributed by atoms with Crippen LogP contribution >= 0.6 is 0 Å². The molecule has 1 saturated heterocycles. The SMILES string of the molecule is COc1ccc([C@H]2NC(=O)O[C@H]2CO[Si](C)(C)C(C)(C)C)cc1. The second kappa shape index (κ2) is 6.53. The highest BCUT2D eigenvalue weighted by molar-refractivity contribution is 6.74. The summed E-state index contributed by atoms with van der Waals surface area (Å²) in [6.07, 6.45) is -0.709. The molecule has 1 aromatic rings. The van der Waals surface area contributed by atoms with Crippen molar-refractivity contribution in [2.24, 2.45) is 0 Å². The molecule has 2 atom stereocenters. The Morgan fingerprint density at radius 2 is 1.83 bits per heavy atom. The highest BCUT2D eigenvalue weighted by atomic mass is 28.4. The Labute approximate surface area is 139 Å². The van der Waals surface area contributed by atoms with E-state index in [4.69, 9.17) is 13.9 Å². The summed E-state index contributed by atoms with van der Waals surface area (Å²) in [6.45, 7) is 11.4. The molecule has 128 valence electrons. The van der Waals surface area contributed by atoms with Gasteiger partial charge < -0.3 is 19.2 Å². The first-order valence-corrected chi connectivity index (χ1v) is 10.8. The number of hydrogen-bond donors (Lipinski definition) is 1. The molecule has 1 N–H and O–H groups in total. The molecule has 0 spiro atoms. The molecule has 2 rings (SSSR count). The van der Waals surface area contributed by atoms with Gasteiger partial charge in [0.15, 0.2) is 8.32 Å². The number of carbonyl (C=O) groups is 1. The monoisotopic (exact) mass is 337 g/mol. The molecule has 0 aliphatic carbocycles. The van der Waals surface area contributed by atoms with E-state index < -0.39 is 14.4 Å². The van der Waals surface area contributed by atoms with Gasteiger partial charge in [-0.05, 0) is 35.8 Å². The molecule has 0 unspecified atom stereocenters. The lowest BCUT2D eigenvalue weighted by Gasteiger charge is -2.37. The van der Waals surface area contributed by atoms with E-state index in [9.17, 15) is 4.79 Å². The van der Waals surface area contributed by atoms with Gasteiger partial charge in [-0.2, -0.15) is 0 Å². The van der Waals surface area contributed by atoms with Crippen LogP contribution in [0.25, 0.3) is 0 Å². The molecule has 5 nitrogen and oxygen atoms in total. The third-order valence-corrected chi connectivity index (χ3v) is 9.29. The van der Waals surface area contributed by atoms with Gasteiger partial charge in [0, 0.05) is 0 Å². The highest BCUT2D eigenvalue weighted by Gasteiger charge is 2.41. The maximum atomic E-state index is 11.7. The fraction of sp³-hybridized carbons (Fsp3) is 0.588. The van der Waals surface area contributed by atoms with Crippen molar-refractivity contribution in [3.63, 3.8) is 0 Å². The molecule has 1 aromatic carbocycles. The Balaban J connectivity index is 2.09. The fourth-order valence-electron chi connectivity index (χ4n) is 2.21. The number of benzene rings is 1. The number of rotatable bonds is 5. The zero-order valence-corrected chi connectivity index (χ0v) is 15.8. The smallest absolute Gasteiger partial charge is 0.408 e. The van der Waals surface area contributed by atoms with Gasteiger partial charge in [-0.1, -0.05) is 32.9 Å². The highest BCUT2D eigenvalue weighted by Crippen LogP contribution is 2.37. The van der Waals surface area contributed by atoms with Crippen molar-refractivity contribution in [2.45, 2.75) is 51.0 Å². The lowest BCUT2D eigenvalue weighted by Crippen LogP contribution is -2.43. The number of amides is 1. The summed E-state index contributed by atoms with van der Waals surface area (Å²) in [6, 6.07) is 7.45. The van der Waals surface area contributed by atoms with Crippen molar-refractivity contribution in [1.82, 2.24) is 5.32 Å². The minimum absolute atomic E-state index is 0.124. The van der Waals surface area contributed by atoms with Crippen molar-refractivity contribution < 1.29 is 18.7 Å². The Bertz CT molecular complexity index is 551. The molecule has 1 aliphatic rings. The van der Waals surface area contributed by atoms with Crippen molar-refractivity contribution in [1.29, 1.82) is 0 Å². The van der Waals surface area contributed by atoms with Crippen molar-refractivity contribution >= 4 is 14.4 Å². The number of alkyl carbamates (subject to hydrolysis) is 1. The second-order valence-electron chi connectivity index (χ2n) is 7.41. The van der Waals surface area contributed by atoms with Gasteiger partial charge in [0.05, 0.1) is 19.8 Å². The standard InChI is InChI=1S/C17H27NO4Si/c1-17(2,3)23(5,6)21-11-14-15(18-16(19)22-14)12-7-9-13(20-4)10-8-12/h7-10,14-15H,11H2,1-6H3,(H,18,19)/t14-,15+/m0/s1. The summed E-state index contributed by atoms with van der Waals surface area (Å²) >= 11 is 0. The van der Waals surface area contributed by atoms with Crippen LogP contribution in [0.1, 0.15) is 32.4 Å². The lowest BCUT2D eigenvalue weighted by molar-refractivity contribution is 0.0866. The van der Waals surface area contributed by atoms with Gasteiger partial charge in [-0.15, -0.1) is 0 Å². The predicted octanol–water partition coefficient (Wildman–Crippen LogP) is 3.87. The molecule has 23 heavy (non-hydrogen) atoms. The van der Waals surface area contributed by atoms with E-state index in [1.165, 1.54) is 0 Å². The minimum atomic E-state index is -1.88. The third-order valence-electron chi connectivity index (χ3n) is 4.79. The van der Waals surface area contributed by atoms with E-state index in [2.05, 4.69) is 39.2 Å². The summed E-state index contributed by atoms with van der Waals surface area (Å²) in [5.74, 6) is 0.785. The number of nitrogens with one attached hydrogen (secondary N) is 1. The van der Waals surface area contributed by atoms with Crippen LogP contribution in [-0.4, -0.2) is 34.2 Å². The maximum absolute atomic E-state index is 11.7. The van der Waals surface area contributed by atoms with Gasteiger partial charge in [-0.25, -0.2) is 4.79 Å². The quantitative estimate of drug-likeness (QED) is 0.829. The fourth-order valence-corrected chi connectivity index (χ4v) is 3.22. The molecule has 0 bridgehead atoms. The molecule has 0 saturated carbocycles. The van der Waals surface area contributed by atoms with Crippen LogP contribution in [0.3, 0.4) is 0 Å². The summed E-state index contributed by atoms with van der Waals surface area (Å²) < 4.78 is 16.8. The van der Waals surface area contributed by atoms with Gasteiger partial charge in [-0.3, -0.25) is 0 Å². The molecule has 6 heteroatoms. The average molecular weight is 337 g/mol. The molecule has 1 amide bonds. The van der Waals surface area contributed by atoms with E-state index in [0.717, 1.165) is 11.3 Å². The van der Waals surface area contributed by atoms with Gasteiger partial charge in [0.25, 0.3) is 0 Å². The van der Waals surface area contributed by atoms with Crippen LogP contribution in [0.15, 0.2) is 24.3 Å². The van der Waals surface area contributed by atoms with E-state index in [-0.39, 0.29) is 17.2 Å². The largest absolute Gasteiger partial charge is 0.497 e. The van der Waals surface area contributed by atoms with Gasteiger partial charge in [0.2, 0.25) is 0 Å². The van der Waals surface area contributed by atoms with Crippen LogP contribution in [-0.2, 0) is 9.16 Å². The number of methoxy groups -OCH3 is 1. The summed E-state index contributed by atoms with van der Waals surface area (Å²) in [5.41, 5.74) is 0.987. The average Bonchev–Trinajstić information content (AvgIpc) is 2.85. The third kappa shape index (κ3) is 4.06. The van der Waals surface area contributed by atoms with Crippen molar-refractivity contribution in [3.8, 4) is 5.75 Å². The topological polar surface area (TPSA) is 56.8 Å². The number of cyclic esters (lactones) is 1. The predicted molar refractivity (Wildman–Crippen MR) is 92.3 cm³/mol. The molecule has 0 aromatic heterocycles. The normalized spacial score (nSPS) is 21.7. The zero-order chi connectivity index (χ0) is 17.3. The Morgan fingerprint density at radius 1 is 1.22 bits per heavy atom. The summed E-state index contributed by atoms with van der Waals surface area (Å²) in [7, 11) is -0.249. The van der Waals surface area contributed by atoms with E-state index in [0.29, 0.717) is 6.61 Å². The van der Waals surface area contributed by atoms with Crippen LogP contribution < -0.4 is 10.1 Å². The Kier molecular flexibility index (Phi) is 5.06. The van der Waals surface area contributed by atoms with E-state index in [1.807, 2.05) is 24.3 Å². The van der Waals surface area contributed by atoms with Crippen LogP contribution in [0.5, 0.6) is 5.75 Å². The van der Waals surface area contributed by atoms with Crippen LogP contribution in [0.4, 0.5) is 4.79 Å².